The number of rotatable bonds is 3. The van der Waals surface area contributed by atoms with E-state index in [2.05, 4.69) is 0 Å². The summed E-state index contributed by atoms with van der Waals surface area (Å²) in [4.78, 5) is 11.6. The highest BCUT2D eigenvalue weighted by Gasteiger charge is 2.33. The predicted molar refractivity (Wildman–Crippen MR) is 83.2 cm³/mol. The number of sulfonamides is 1. The molecule has 1 aromatic carbocycles. The van der Waals surface area contributed by atoms with Crippen molar-refractivity contribution in [2.24, 2.45) is 5.73 Å². The fraction of sp³-hybridized carbons (Fsp3) is 0.533. The highest BCUT2D eigenvalue weighted by molar-refractivity contribution is 7.89. The maximum Gasteiger partial charge on any atom is 0.248 e. The van der Waals surface area contributed by atoms with Gasteiger partial charge in [0.1, 0.15) is 0 Å². The van der Waals surface area contributed by atoms with Crippen LogP contribution in [-0.4, -0.2) is 43.9 Å². The average molecular weight is 326 g/mol. The maximum atomic E-state index is 12.9. The van der Waals surface area contributed by atoms with Crippen molar-refractivity contribution >= 4 is 15.9 Å². The third-order valence-corrected chi connectivity index (χ3v) is 5.87. The summed E-state index contributed by atoms with van der Waals surface area (Å²) >= 11 is 0. The smallest absolute Gasteiger partial charge is 0.248 e. The summed E-state index contributed by atoms with van der Waals surface area (Å²) in [5.74, 6) is -0.636. The van der Waals surface area contributed by atoms with E-state index in [9.17, 15) is 13.2 Å². The summed E-state index contributed by atoms with van der Waals surface area (Å²) in [6.07, 6.45) is -0.335. The number of primary amides is 1. The van der Waals surface area contributed by atoms with Crippen LogP contribution in [0.1, 0.15) is 35.3 Å². The van der Waals surface area contributed by atoms with Gasteiger partial charge < -0.3 is 10.5 Å². The maximum absolute atomic E-state index is 12.9. The molecule has 0 aliphatic carbocycles. The Morgan fingerprint density at radius 1 is 1.23 bits per heavy atom. The van der Waals surface area contributed by atoms with E-state index < -0.39 is 15.9 Å². The highest BCUT2D eigenvalue weighted by atomic mass is 32.2. The molecule has 0 spiro atoms. The van der Waals surface area contributed by atoms with E-state index in [0.717, 1.165) is 5.56 Å². The van der Waals surface area contributed by atoms with E-state index in [1.165, 1.54) is 10.4 Å². The van der Waals surface area contributed by atoms with Crippen LogP contribution in [0.5, 0.6) is 0 Å². The Kier molecular flexibility index (Phi) is 4.60. The van der Waals surface area contributed by atoms with Crippen molar-refractivity contribution in [2.45, 2.75) is 44.8 Å². The van der Waals surface area contributed by atoms with Gasteiger partial charge in [-0.2, -0.15) is 4.31 Å². The summed E-state index contributed by atoms with van der Waals surface area (Å²) in [6.45, 7) is 7.79. The summed E-state index contributed by atoms with van der Waals surface area (Å²) < 4.78 is 32.9. The molecule has 2 N–H and O–H groups in total. The van der Waals surface area contributed by atoms with Gasteiger partial charge in [-0.3, -0.25) is 4.79 Å². The lowest BCUT2D eigenvalue weighted by Gasteiger charge is -2.34. The molecule has 6 nitrogen and oxygen atoms in total. The number of morpholine rings is 1. The second kappa shape index (κ2) is 5.98. The second-order valence-electron chi connectivity index (χ2n) is 5.86. The van der Waals surface area contributed by atoms with Gasteiger partial charge in [0.05, 0.1) is 17.1 Å². The Labute approximate surface area is 131 Å². The van der Waals surface area contributed by atoms with Crippen LogP contribution in [0.4, 0.5) is 0 Å². The number of nitrogens with zero attached hydrogens (tertiary/aromatic N) is 1. The first kappa shape index (κ1) is 16.9. The zero-order valence-electron chi connectivity index (χ0n) is 13.3. The number of benzene rings is 1. The minimum atomic E-state index is -3.69. The fourth-order valence-electron chi connectivity index (χ4n) is 2.70. The zero-order chi connectivity index (χ0) is 16.7. The van der Waals surface area contributed by atoms with Crippen molar-refractivity contribution in [3.63, 3.8) is 0 Å². The van der Waals surface area contributed by atoms with Crippen LogP contribution in [-0.2, 0) is 14.8 Å². The van der Waals surface area contributed by atoms with E-state index in [0.29, 0.717) is 18.7 Å². The summed E-state index contributed by atoms with van der Waals surface area (Å²) in [6, 6.07) is 2.98. The van der Waals surface area contributed by atoms with Gasteiger partial charge in [-0.15, -0.1) is 0 Å². The van der Waals surface area contributed by atoms with Gasteiger partial charge in [-0.25, -0.2) is 8.42 Å². The molecule has 1 fully saturated rings. The molecule has 7 heteroatoms. The topological polar surface area (TPSA) is 89.7 Å². The lowest BCUT2D eigenvalue weighted by atomic mass is 10.1. The molecular formula is C15H22N2O4S. The molecule has 0 radical (unpaired) electrons. The number of aryl methyl sites for hydroxylation is 1. The predicted octanol–water partition coefficient (Wildman–Crippen LogP) is 1.20. The zero-order valence-corrected chi connectivity index (χ0v) is 14.1. The van der Waals surface area contributed by atoms with Gasteiger partial charge in [0.15, 0.2) is 0 Å². The molecule has 0 saturated carbocycles. The van der Waals surface area contributed by atoms with Crippen molar-refractivity contribution in [2.75, 3.05) is 13.1 Å². The van der Waals surface area contributed by atoms with E-state index in [-0.39, 0.29) is 22.7 Å². The molecule has 2 atom stereocenters. The number of ether oxygens (including phenoxy) is 1. The van der Waals surface area contributed by atoms with Gasteiger partial charge in [-0.1, -0.05) is 0 Å². The molecule has 22 heavy (non-hydrogen) atoms. The first-order valence-corrected chi connectivity index (χ1v) is 8.63. The van der Waals surface area contributed by atoms with E-state index in [4.69, 9.17) is 10.5 Å². The van der Waals surface area contributed by atoms with Crippen LogP contribution in [0.25, 0.3) is 0 Å². The number of carbonyl (C=O) groups is 1. The number of nitrogens with two attached hydrogens (primary N) is 1. The Balaban J connectivity index is 2.51. The van der Waals surface area contributed by atoms with E-state index in [1.54, 1.807) is 19.9 Å². The lowest BCUT2D eigenvalue weighted by molar-refractivity contribution is -0.0441. The standard InChI is InChI=1S/C15H22N2O4S/c1-9-5-13(15(16)18)6-14(12(9)4)22(19,20)17-7-10(2)21-11(3)8-17/h5-6,10-11H,7-8H2,1-4H3,(H2,16,18). The fourth-order valence-corrected chi connectivity index (χ4v) is 4.62. The molecule has 1 amide bonds. The highest BCUT2D eigenvalue weighted by Crippen LogP contribution is 2.26. The molecule has 2 unspecified atom stereocenters. The van der Waals surface area contributed by atoms with E-state index in [1.807, 2.05) is 13.8 Å². The molecule has 1 heterocycles. The van der Waals surface area contributed by atoms with Gasteiger partial charge in [0, 0.05) is 18.7 Å². The number of hydrogen-bond acceptors (Lipinski definition) is 4. The Morgan fingerprint density at radius 2 is 1.77 bits per heavy atom. The van der Waals surface area contributed by atoms with Crippen molar-refractivity contribution in [1.29, 1.82) is 0 Å². The van der Waals surface area contributed by atoms with Crippen molar-refractivity contribution < 1.29 is 17.9 Å². The van der Waals surface area contributed by atoms with Crippen LogP contribution >= 0.6 is 0 Å². The number of amides is 1. The van der Waals surface area contributed by atoms with E-state index >= 15 is 0 Å². The van der Waals surface area contributed by atoms with Gasteiger partial charge >= 0.3 is 0 Å². The third kappa shape index (κ3) is 3.16. The summed E-state index contributed by atoms with van der Waals surface area (Å²) in [5.41, 5.74) is 6.87. The normalized spacial score (nSPS) is 23.5. The largest absolute Gasteiger partial charge is 0.373 e. The average Bonchev–Trinajstić information content (AvgIpc) is 2.40. The van der Waals surface area contributed by atoms with Crippen LogP contribution in [0.15, 0.2) is 17.0 Å². The van der Waals surface area contributed by atoms with Crippen LogP contribution < -0.4 is 5.73 Å². The first-order valence-electron chi connectivity index (χ1n) is 7.19. The van der Waals surface area contributed by atoms with Crippen LogP contribution in [0, 0.1) is 13.8 Å². The van der Waals surface area contributed by atoms with Crippen LogP contribution in [0.3, 0.4) is 0 Å². The molecule has 0 aromatic heterocycles. The van der Waals surface area contributed by atoms with Crippen LogP contribution in [0.2, 0.25) is 0 Å². The Morgan fingerprint density at radius 3 is 2.27 bits per heavy atom. The minimum Gasteiger partial charge on any atom is -0.373 e. The SMILES string of the molecule is Cc1cc(C(N)=O)cc(S(=O)(=O)N2CC(C)OC(C)C2)c1C. The van der Waals surface area contributed by atoms with Crippen molar-refractivity contribution in [3.8, 4) is 0 Å². The van der Waals surface area contributed by atoms with Crippen molar-refractivity contribution in [1.82, 2.24) is 4.31 Å². The molecule has 1 aliphatic rings. The lowest BCUT2D eigenvalue weighted by Crippen LogP contribution is -2.48. The van der Waals surface area contributed by atoms with Gasteiger partial charge in [0.25, 0.3) is 0 Å². The molecule has 1 aliphatic heterocycles. The molecule has 122 valence electrons. The second-order valence-corrected chi connectivity index (χ2v) is 7.77. The Hall–Kier alpha value is -1.44. The molecule has 1 saturated heterocycles. The first-order chi connectivity index (χ1) is 10.1. The molecule has 2 rings (SSSR count). The number of hydrogen-bond donors (Lipinski definition) is 1. The molecule has 1 aromatic rings. The summed E-state index contributed by atoms with van der Waals surface area (Å²) in [5, 5.41) is 0. The molecule has 0 bridgehead atoms. The number of carbonyl (C=O) groups excluding carboxylic acids is 1. The monoisotopic (exact) mass is 326 g/mol. The summed E-state index contributed by atoms with van der Waals surface area (Å²) in [7, 11) is -3.69. The van der Waals surface area contributed by atoms with Gasteiger partial charge in [-0.05, 0) is 51.0 Å². The van der Waals surface area contributed by atoms with Crippen molar-refractivity contribution in [3.05, 3.63) is 28.8 Å². The van der Waals surface area contributed by atoms with Gasteiger partial charge in [0.2, 0.25) is 15.9 Å². The third-order valence-electron chi connectivity index (χ3n) is 3.91. The molecular weight excluding hydrogens is 304 g/mol. The minimum absolute atomic E-state index is 0.141. The quantitative estimate of drug-likeness (QED) is 0.904. The Bertz CT molecular complexity index is 690.